The molecule has 1 rings (SSSR count). The molecule has 0 heterocycles. The number of aliphatic hydroxyl groups excluding tert-OH is 6. The Morgan fingerprint density at radius 2 is 0.409 bits per heavy atom. The second-order valence-corrected chi connectivity index (χ2v) is 3.64. The predicted molar refractivity (Wildman–Crippen MR) is 75.2 cm³/mol. The molecule has 1 aliphatic carbocycles. The molecule has 1 saturated carbocycles. The Bertz CT molecular complexity index is 182. The summed E-state index contributed by atoms with van der Waals surface area (Å²) in [6.45, 7) is 0. The summed E-state index contributed by atoms with van der Waals surface area (Å²) in [6, 6.07) is 0. The van der Waals surface area contributed by atoms with Gasteiger partial charge < -0.3 is 60.8 Å². The van der Waals surface area contributed by atoms with Gasteiger partial charge in [-0.2, -0.15) is 0 Å². The molecule has 0 aromatic heterocycles. The molecule has 0 amide bonds. The molecule has 0 spiro atoms. The molecule has 12 nitrogen and oxygen atoms in total. The summed E-state index contributed by atoms with van der Waals surface area (Å²) in [7, 11) is -4.33. The molecule has 0 saturated heterocycles. The Labute approximate surface area is 170 Å². The number of rotatable bonds is 0. The zero-order valence-corrected chi connectivity index (χ0v) is 9.99. The predicted octanol–water partition coefficient (Wildman–Crippen LogP) is -9.24. The normalized spacial score (nSPS) is 32.7. The molecule has 124 valence electrons. The van der Waals surface area contributed by atoms with Crippen LogP contribution in [0.25, 0.3) is 0 Å². The molecule has 1 fully saturated rings. The van der Waals surface area contributed by atoms with Crippen molar-refractivity contribution < 1.29 is 60.8 Å². The van der Waals surface area contributed by atoms with Crippen LogP contribution in [0.5, 0.6) is 0 Å². The molecular formula is C6H20B2Na2O12. The van der Waals surface area contributed by atoms with Gasteiger partial charge in [0.2, 0.25) is 0 Å². The summed E-state index contributed by atoms with van der Waals surface area (Å²) in [5.74, 6) is 0. The fourth-order valence-corrected chi connectivity index (χ4v) is 1.21. The van der Waals surface area contributed by atoms with Crippen molar-refractivity contribution in [2.24, 2.45) is 0 Å². The van der Waals surface area contributed by atoms with Gasteiger partial charge in [-0.05, 0) is 0 Å². The zero-order chi connectivity index (χ0) is 16.6. The molecule has 0 unspecified atom stereocenters. The van der Waals surface area contributed by atoms with Crippen LogP contribution < -0.4 is 0 Å². The van der Waals surface area contributed by atoms with Crippen LogP contribution in [0.4, 0.5) is 0 Å². The quantitative estimate of drug-likeness (QED) is 0.182. The van der Waals surface area contributed by atoms with E-state index in [9.17, 15) is 0 Å². The Kier molecular flexibility index (Phi) is 23.0. The Hall–Kier alpha value is 1.65. The van der Waals surface area contributed by atoms with Crippen molar-refractivity contribution in [3.8, 4) is 0 Å². The first-order chi connectivity index (χ1) is 8.93. The third-order valence-corrected chi connectivity index (χ3v) is 2.10. The first-order valence-corrected chi connectivity index (χ1v) is 5.10. The second kappa shape index (κ2) is 16.1. The molecule has 16 heteroatoms. The van der Waals surface area contributed by atoms with Crippen LogP contribution >= 0.6 is 0 Å². The van der Waals surface area contributed by atoms with Crippen LogP contribution in [0.15, 0.2) is 0 Å². The van der Waals surface area contributed by atoms with Gasteiger partial charge in [0.05, 0.1) is 0 Å². The SMILES string of the molecule is OB(O)O.OB(O)O.OC1C(O)C(O)C(O)C(O)C1O.[NaH].[NaH]. The maximum atomic E-state index is 8.97. The van der Waals surface area contributed by atoms with E-state index in [1.807, 2.05) is 0 Å². The maximum absolute atomic E-state index is 8.97. The summed E-state index contributed by atoms with van der Waals surface area (Å²) in [6.07, 6.45) is -9.84. The average Bonchev–Trinajstić information content (AvgIpc) is 2.30. The Balaban J connectivity index is -0.000000138. The van der Waals surface area contributed by atoms with E-state index < -0.39 is 51.3 Å². The molecule has 22 heavy (non-hydrogen) atoms. The van der Waals surface area contributed by atoms with Gasteiger partial charge in [0.15, 0.2) is 0 Å². The van der Waals surface area contributed by atoms with Crippen molar-refractivity contribution in [3.05, 3.63) is 0 Å². The van der Waals surface area contributed by atoms with E-state index in [4.69, 9.17) is 60.8 Å². The van der Waals surface area contributed by atoms with E-state index in [0.29, 0.717) is 0 Å². The van der Waals surface area contributed by atoms with Crippen molar-refractivity contribution in [1.82, 2.24) is 0 Å². The van der Waals surface area contributed by atoms with Crippen LogP contribution in [0.3, 0.4) is 0 Å². The molecule has 1 aliphatic rings. The Morgan fingerprint density at radius 1 is 0.364 bits per heavy atom. The van der Waals surface area contributed by atoms with Gasteiger partial charge in [0, 0.05) is 0 Å². The fourth-order valence-electron chi connectivity index (χ4n) is 1.21. The Morgan fingerprint density at radius 3 is 0.455 bits per heavy atom. The minimum absolute atomic E-state index is 0. The second-order valence-electron chi connectivity index (χ2n) is 3.64. The summed E-state index contributed by atoms with van der Waals surface area (Å²) >= 11 is 0. The van der Waals surface area contributed by atoms with Crippen molar-refractivity contribution in [2.45, 2.75) is 36.6 Å². The monoisotopic (exact) mass is 352 g/mol. The average molecular weight is 352 g/mol. The topological polar surface area (TPSA) is 243 Å². The van der Waals surface area contributed by atoms with Gasteiger partial charge in [-0.15, -0.1) is 0 Å². The summed E-state index contributed by atoms with van der Waals surface area (Å²) in [4.78, 5) is 0. The van der Waals surface area contributed by atoms with E-state index in [2.05, 4.69) is 0 Å². The molecule has 12 N–H and O–H groups in total. The van der Waals surface area contributed by atoms with Crippen molar-refractivity contribution in [1.29, 1.82) is 0 Å². The molecule has 0 bridgehead atoms. The summed E-state index contributed by atoms with van der Waals surface area (Å²) < 4.78 is 0. The third kappa shape index (κ3) is 14.0. The molecule has 0 aromatic carbocycles. The van der Waals surface area contributed by atoms with E-state index in [0.717, 1.165) is 0 Å². The van der Waals surface area contributed by atoms with Crippen molar-refractivity contribution in [2.75, 3.05) is 0 Å². The van der Waals surface area contributed by atoms with E-state index >= 15 is 0 Å². The molecule has 0 radical (unpaired) electrons. The number of aliphatic hydroxyl groups is 6. The molecule has 0 aromatic rings. The van der Waals surface area contributed by atoms with Crippen LogP contribution in [0.1, 0.15) is 0 Å². The molecule has 0 atom stereocenters. The fraction of sp³-hybridized carbons (Fsp3) is 1.00. The van der Waals surface area contributed by atoms with Gasteiger partial charge in [0.25, 0.3) is 0 Å². The number of hydrogen-bond donors (Lipinski definition) is 12. The zero-order valence-electron chi connectivity index (χ0n) is 9.99. The van der Waals surface area contributed by atoms with Gasteiger partial charge in [-0.25, -0.2) is 0 Å². The van der Waals surface area contributed by atoms with Crippen molar-refractivity contribution in [3.63, 3.8) is 0 Å². The number of hydrogen-bond acceptors (Lipinski definition) is 12. The van der Waals surface area contributed by atoms with Crippen LogP contribution in [-0.4, -0.2) is 171 Å². The van der Waals surface area contributed by atoms with Crippen LogP contribution in [0.2, 0.25) is 0 Å². The van der Waals surface area contributed by atoms with E-state index in [1.165, 1.54) is 0 Å². The molecular weight excluding hydrogens is 332 g/mol. The summed E-state index contributed by atoms with van der Waals surface area (Å²) in [5.41, 5.74) is 0. The first kappa shape index (κ1) is 31.4. The van der Waals surface area contributed by atoms with Gasteiger partial charge in [-0.3, -0.25) is 0 Å². The van der Waals surface area contributed by atoms with Crippen molar-refractivity contribution >= 4 is 73.8 Å². The summed E-state index contributed by atoms with van der Waals surface area (Å²) in [5, 5.41) is 96.8. The minimum atomic E-state index is -2.17. The van der Waals surface area contributed by atoms with Gasteiger partial charge in [0.1, 0.15) is 36.6 Å². The van der Waals surface area contributed by atoms with Crippen LogP contribution in [-0.2, 0) is 0 Å². The van der Waals surface area contributed by atoms with Gasteiger partial charge >= 0.3 is 73.8 Å². The van der Waals surface area contributed by atoms with E-state index in [1.54, 1.807) is 0 Å². The van der Waals surface area contributed by atoms with E-state index in [-0.39, 0.29) is 59.1 Å². The molecule has 0 aliphatic heterocycles. The van der Waals surface area contributed by atoms with Gasteiger partial charge in [-0.1, -0.05) is 0 Å². The standard InChI is InChI=1S/C6H12O6.2BH3O3.2Na.2H/c7-1-2(8)4(10)6(12)5(11)3(1)9;2*2-1(3)4;;;;/h1-12H;2*2-4H;;;;. The van der Waals surface area contributed by atoms with Crippen LogP contribution in [0, 0.1) is 0 Å². The first-order valence-electron chi connectivity index (χ1n) is 5.10. The third-order valence-electron chi connectivity index (χ3n) is 2.10.